The number of fused-ring (bicyclic) bond motifs is 2. The van der Waals surface area contributed by atoms with Crippen molar-refractivity contribution in [2.45, 2.75) is 88.8 Å². The van der Waals surface area contributed by atoms with Crippen molar-refractivity contribution in [3.8, 4) is 0 Å². The largest absolute Gasteiger partial charge is 0.425 e. The minimum absolute atomic E-state index is 0.00646. The number of aromatic nitrogens is 2. The molecule has 0 bridgehead atoms. The highest BCUT2D eigenvalue weighted by molar-refractivity contribution is 7.12. The zero-order valence-corrected chi connectivity index (χ0v) is 20.4. The molecule has 1 spiro atoms. The van der Waals surface area contributed by atoms with Crippen LogP contribution < -0.4 is 0 Å². The van der Waals surface area contributed by atoms with Crippen LogP contribution in [-0.4, -0.2) is 60.9 Å². The van der Waals surface area contributed by atoms with Gasteiger partial charge in [-0.15, -0.1) is 11.3 Å². The molecule has 0 radical (unpaired) electrons. The normalized spacial score (nSPS) is 27.2. The Balaban J connectivity index is 1.43. The Labute approximate surface area is 200 Å². The minimum atomic E-state index is -4.45. The van der Waals surface area contributed by atoms with Gasteiger partial charge in [0.15, 0.2) is 0 Å². The molecule has 3 N–H and O–H groups in total. The second-order valence-electron chi connectivity index (χ2n) is 10.2. The number of aliphatic hydroxyl groups excluding tert-OH is 2. The molecule has 2 aromatic rings. The summed E-state index contributed by atoms with van der Waals surface area (Å²) < 4.78 is 47.7. The second kappa shape index (κ2) is 9.18. The van der Waals surface area contributed by atoms with E-state index in [1.165, 1.54) is 0 Å². The quantitative estimate of drug-likeness (QED) is 0.560. The van der Waals surface area contributed by atoms with E-state index in [0.29, 0.717) is 47.7 Å². The van der Waals surface area contributed by atoms with Crippen molar-refractivity contribution in [3.05, 3.63) is 39.3 Å². The molecule has 2 aliphatic rings. The smallest absolute Gasteiger partial charge is 0.391 e. The van der Waals surface area contributed by atoms with Gasteiger partial charge in [0.25, 0.3) is 0 Å². The summed E-state index contributed by atoms with van der Waals surface area (Å²) in [5.41, 5.74) is -0.469. The number of alkyl halides is 3. The number of ether oxygens (including phenoxy) is 1. The molecule has 0 saturated carbocycles. The van der Waals surface area contributed by atoms with E-state index in [1.54, 1.807) is 24.7 Å². The van der Waals surface area contributed by atoms with Crippen LogP contribution in [0.1, 0.15) is 67.0 Å². The molecule has 34 heavy (non-hydrogen) atoms. The van der Waals surface area contributed by atoms with Gasteiger partial charge in [-0.05, 0) is 39.7 Å². The highest BCUT2D eigenvalue weighted by Crippen LogP contribution is 2.51. The van der Waals surface area contributed by atoms with Gasteiger partial charge >= 0.3 is 6.18 Å². The monoisotopic (exact) mass is 503 g/mol. The maximum absolute atomic E-state index is 13.3. The average Bonchev–Trinajstić information content (AvgIpc) is 3.34. The summed E-state index contributed by atoms with van der Waals surface area (Å²) in [6, 6.07) is 1.12. The van der Waals surface area contributed by atoms with Crippen LogP contribution in [-0.2, 0) is 29.6 Å². The molecule has 1 unspecified atom stereocenters. The molecule has 2 aliphatic heterocycles. The Bertz CT molecular complexity index is 1000. The van der Waals surface area contributed by atoms with Gasteiger partial charge in [0.2, 0.25) is 0 Å². The van der Waals surface area contributed by atoms with E-state index in [4.69, 9.17) is 4.74 Å². The highest BCUT2D eigenvalue weighted by atomic mass is 32.1. The Hall–Kier alpha value is -1.50. The number of piperidine rings is 1. The molecule has 0 aromatic carbocycles. The predicted octanol–water partition coefficient (Wildman–Crippen LogP) is 3.43. The fraction of sp³-hybridized carbons (Fsp3) is 0.696. The minimum Gasteiger partial charge on any atom is -0.391 e. The summed E-state index contributed by atoms with van der Waals surface area (Å²) in [4.78, 5) is 2.04. The molecule has 2 aromatic heterocycles. The van der Waals surface area contributed by atoms with Crippen molar-refractivity contribution in [1.82, 2.24) is 14.7 Å². The molecule has 4 rings (SSSR count). The molecule has 0 amide bonds. The van der Waals surface area contributed by atoms with Crippen molar-refractivity contribution >= 4 is 11.3 Å². The number of likely N-dealkylation sites (tertiary alicyclic amines) is 1. The van der Waals surface area contributed by atoms with Crippen LogP contribution in [0, 0.1) is 0 Å². The van der Waals surface area contributed by atoms with Crippen molar-refractivity contribution in [1.29, 1.82) is 0 Å². The number of nitrogens with zero attached hydrogens (tertiary/aromatic N) is 3. The summed E-state index contributed by atoms with van der Waals surface area (Å²) >= 11 is 0.688. The zero-order chi connectivity index (χ0) is 24.9. The summed E-state index contributed by atoms with van der Waals surface area (Å²) in [7, 11) is 0. The third-order valence-electron chi connectivity index (χ3n) is 6.59. The number of aliphatic hydroxyl groups is 3. The second-order valence-corrected chi connectivity index (χ2v) is 11.3. The van der Waals surface area contributed by atoms with E-state index < -0.39 is 34.5 Å². The summed E-state index contributed by atoms with van der Waals surface area (Å²) in [5, 5.41) is 34.6. The third kappa shape index (κ3) is 5.50. The van der Waals surface area contributed by atoms with E-state index in [-0.39, 0.29) is 25.6 Å². The van der Waals surface area contributed by atoms with Crippen LogP contribution in [0.2, 0.25) is 0 Å². The molecule has 4 atom stereocenters. The van der Waals surface area contributed by atoms with Gasteiger partial charge in [-0.25, -0.2) is 0 Å². The fourth-order valence-corrected chi connectivity index (χ4v) is 6.31. The Morgan fingerprint density at radius 1 is 1.35 bits per heavy atom. The van der Waals surface area contributed by atoms with Crippen LogP contribution in [0.4, 0.5) is 13.2 Å². The Morgan fingerprint density at radius 2 is 2.09 bits per heavy atom. The van der Waals surface area contributed by atoms with Crippen LogP contribution in [0.3, 0.4) is 0 Å². The lowest BCUT2D eigenvalue weighted by molar-refractivity contribution is -0.139. The van der Waals surface area contributed by atoms with Crippen LogP contribution >= 0.6 is 11.3 Å². The van der Waals surface area contributed by atoms with Crippen LogP contribution in [0.15, 0.2) is 18.5 Å². The summed E-state index contributed by atoms with van der Waals surface area (Å²) in [5.74, 6) is 0. The number of hydrogen-bond acceptors (Lipinski definition) is 7. The lowest BCUT2D eigenvalue weighted by Gasteiger charge is -2.47. The molecule has 1 saturated heterocycles. The van der Waals surface area contributed by atoms with E-state index >= 15 is 0 Å². The molecular weight excluding hydrogens is 471 g/mol. The highest BCUT2D eigenvalue weighted by Gasteiger charge is 2.48. The fourth-order valence-electron chi connectivity index (χ4n) is 5.05. The molecule has 1 fully saturated rings. The SMILES string of the molecule is C[C@H]1C[C@@]2(CCN1Cc1cnn(CC(O)CC(C)(C)O)c1)OC[C@@H](O)c1cc(C(F)(F)F)sc12. The number of halogens is 3. The van der Waals surface area contributed by atoms with Crippen molar-refractivity contribution in [2.75, 3.05) is 13.2 Å². The van der Waals surface area contributed by atoms with Crippen LogP contribution in [0.5, 0.6) is 0 Å². The Morgan fingerprint density at radius 3 is 2.74 bits per heavy atom. The summed E-state index contributed by atoms with van der Waals surface area (Å²) in [6.07, 6.45) is -1.30. The molecule has 7 nitrogen and oxygen atoms in total. The lowest BCUT2D eigenvalue weighted by Crippen LogP contribution is -2.50. The van der Waals surface area contributed by atoms with E-state index in [0.717, 1.165) is 11.6 Å². The standard InChI is InChI=1S/C23H32F3N3O4S/c1-14-7-22(20-17(18(31)13-33-22)6-19(34-20)23(24,25)26)4-5-28(14)10-15-9-27-29(11-15)12-16(30)8-21(2,3)32/h6,9,11,14,16,18,30-32H,4-5,7-8,10,12-13H2,1-3H3/t14-,16?,18+,22+/m0/s1. The van der Waals surface area contributed by atoms with Crippen molar-refractivity contribution < 1.29 is 33.2 Å². The van der Waals surface area contributed by atoms with Crippen molar-refractivity contribution in [2.24, 2.45) is 0 Å². The molecular formula is C23H32F3N3O4S. The first kappa shape index (κ1) is 25.6. The van der Waals surface area contributed by atoms with Gasteiger partial charge < -0.3 is 20.1 Å². The van der Waals surface area contributed by atoms with E-state index in [1.807, 2.05) is 13.1 Å². The van der Waals surface area contributed by atoms with Gasteiger partial charge in [-0.2, -0.15) is 18.3 Å². The Kier molecular flexibility index (Phi) is 6.91. The average molecular weight is 504 g/mol. The van der Waals surface area contributed by atoms with E-state index in [2.05, 4.69) is 10.00 Å². The summed E-state index contributed by atoms with van der Waals surface area (Å²) in [6.45, 7) is 6.85. The van der Waals surface area contributed by atoms with Gasteiger partial charge in [-0.3, -0.25) is 9.58 Å². The van der Waals surface area contributed by atoms with Gasteiger partial charge in [-0.1, -0.05) is 0 Å². The van der Waals surface area contributed by atoms with Gasteiger partial charge in [0.1, 0.15) is 16.6 Å². The third-order valence-corrected chi connectivity index (χ3v) is 7.97. The number of rotatable bonds is 6. The van der Waals surface area contributed by atoms with Crippen molar-refractivity contribution in [3.63, 3.8) is 0 Å². The lowest BCUT2D eigenvalue weighted by atomic mass is 9.81. The van der Waals surface area contributed by atoms with Crippen LogP contribution in [0.25, 0.3) is 0 Å². The molecule has 11 heteroatoms. The molecule has 190 valence electrons. The topological polar surface area (TPSA) is 91.0 Å². The number of hydrogen-bond donors (Lipinski definition) is 3. The molecule has 0 aliphatic carbocycles. The maximum Gasteiger partial charge on any atom is 0.425 e. The maximum atomic E-state index is 13.3. The number of thiophene rings is 1. The molecule has 4 heterocycles. The predicted molar refractivity (Wildman–Crippen MR) is 120 cm³/mol. The first-order valence-corrected chi connectivity index (χ1v) is 12.3. The first-order valence-electron chi connectivity index (χ1n) is 11.4. The van der Waals surface area contributed by atoms with Gasteiger partial charge in [0.05, 0.1) is 31.1 Å². The zero-order valence-electron chi connectivity index (χ0n) is 19.5. The van der Waals surface area contributed by atoms with E-state index in [9.17, 15) is 28.5 Å². The van der Waals surface area contributed by atoms with Gasteiger partial charge in [0, 0.05) is 47.8 Å². The first-order chi connectivity index (χ1) is 15.8.